The Labute approximate surface area is 89.2 Å². The average molecular weight is 211 g/mol. The van der Waals surface area contributed by atoms with Gasteiger partial charge < -0.3 is 14.6 Å². The van der Waals surface area contributed by atoms with Gasteiger partial charge in [0.25, 0.3) is 0 Å². The highest BCUT2D eigenvalue weighted by Gasteiger charge is 2.28. The number of nitrogens with one attached hydrogen (secondary N) is 1. The van der Waals surface area contributed by atoms with E-state index in [1.54, 1.807) is 0 Å². The Morgan fingerprint density at radius 1 is 1.60 bits per heavy atom. The van der Waals surface area contributed by atoms with Crippen molar-refractivity contribution in [2.45, 2.75) is 26.4 Å². The number of rotatable bonds is 5. The first-order chi connectivity index (χ1) is 7.31. The second-order valence-electron chi connectivity index (χ2n) is 3.89. The fourth-order valence-corrected chi connectivity index (χ4v) is 1.57. The van der Waals surface area contributed by atoms with Crippen molar-refractivity contribution < 1.29 is 9.26 Å². The molecule has 1 unspecified atom stereocenters. The Balaban J connectivity index is 1.93. The second-order valence-corrected chi connectivity index (χ2v) is 3.89. The summed E-state index contributed by atoms with van der Waals surface area (Å²) in [6.07, 6.45) is 0. The van der Waals surface area contributed by atoms with Crippen LogP contribution in [-0.4, -0.2) is 29.8 Å². The smallest absolute Gasteiger partial charge is 0.229 e. The molecule has 15 heavy (non-hydrogen) atoms. The van der Waals surface area contributed by atoms with Crippen molar-refractivity contribution in [2.75, 3.05) is 19.7 Å². The van der Waals surface area contributed by atoms with Gasteiger partial charge in [0.15, 0.2) is 5.82 Å². The quantitative estimate of drug-likeness (QED) is 0.785. The lowest BCUT2D eigenvalue weighted by molar-refractivity contribution is 0.126. The molecular weight excluding hydrogens is 194 g/mol. The van der Waals surface area contributed by atoms with Gasteiger partial charge in [0.1, 0.15) is 6.61 Å². The molecule has 2 heterocycles. The topological polar surface area (TPSA) is 60.2 Å². The number of nitrogens with zero attached hydrogens (tertiary/aromatic N) is 2. The van der Waals surface area contributed by atoms with Crippen LogP contribution in [0.3, 0.4) is 0 Å². The van der Waals surface area contributed by atoms with Gasteiger partial charge >= 0.3 is 0 Å². The molecule has 0 aromatic carbocycles. The van der Waals surface area contributed by atoms with Crippen LogP contribution in [0.15, 0.2) is 4.52 Å². The van der Waals surface area contributed by atoms with Crippen molar-refractivity contribution in [2.24, 2.45) is 5.92 Å². The summed E-state index contributed by atoms with van der Waals surface area (Å²) in [5.74, 6) is 2.35. The lowest BCUT2D eigenvalue weighted by Crippen LogP contribution is -2.44. The van der Waals surface area contributed by atoms with Gasteiger partial charge in [0, 0.05) is 12.5 Å². The molecule has 1 saturated heterocycles. The number of hydrogen-bond acceptors (Lipinski definition) is 5. The molecule has 0 spiro atoms. The molecular formula is C10H17N3O2. The molecule has 1 fully saturated rings. The summed E-state index contributed by atoms with van der Waals surface area (Å²) >= 11 is 0. The van der Waals surface area contributed by atoms with E-state index in [9.17, 15) is 0 Å². The fraction of sp³-hybridized carbons (Fsp3) is 0.800. The molecule has 1 aliphatic rings. The van der Waals surface area contributed by atoms with Crippen molar-refractivity contribution in [3.8, 4) is 0 Å². The van der Waals surface area contributed by atoms with Crippen LogP contribution in [0.25, 0.3) is 0 Å². The Morgan fingerprint density at radius 3 is 3.00 bits per heavy atom. The molecule has 0 amide bonds. The maximum Gasteiger partial charge on any atom is 0.229 e. The summed E-state index contributed by atoms with van der Waals surface area (Å²) in [5.41, 5.74) is 0. The zero-order valence-electron chi connectivity index (χ0n) is 9.19. The Hall–Kier alpha value is -0.940. The molecule has 2 rings (SSSR count). The third-order valence-corrected chi connectivity index (χ3v) is 2.83. The highest BCUT2D eigenvalue weighted by Crippen LogP contribution is 2.25. The first-order valence-electron chi connectivity index (χ1n) is 5.42. The summed E-state index contributed by atoms with van der Waals surface area (Å²) in [5, 5.41) is 7.12. The van der Waals surface area contributed by atoms with E-state index in [0.29, 0.717) is 30.9 Å². The minimum atomic E-state index is 0.342. The average Bonchev–Trinajstić information content (AvgIpc) is 2.60. The largest absolute Gasteiger partial charge is 0.374 e. The molecule has 5 heteroatoms. The lowest BCUT2D eigenvalue weighted by Gasteiger charge is -2.30. The standard InChI is InChI=1S/C10H17N3O2/c1-3-14-6-9-12-10(15-13-9)7(2)8-4-11-5-8/h7-8,11H,3-6H2,1-2H3. The molecule has 5 nitrogen and oxygen atoms in total. The van der Waals surface area contributed by atoms with Gasteiger partial charge in [-0.2, -0.15) is 4.98 Å². The van der Waals surface area contributed by atoms with Gasteiger partial charge in [-0.3, -0.25) is 0 Å². The van der Waals surface area contributed by atoms with Crippen molar-refractivity contribution in [3.63, 3.8) is 0 Å². The summed E-state index contributed by atoms with van der Waals surface area (Å²) in [6.45, 7) is 7.28. The van der Waals surface area contributed by atoms with Crippen LogP contribution in [-0.2, 0) is 11.3 Å². The molecule has 0 aliphatic carbocycles. The van der Waals surface area contributed by atoms with Crippen molar-refractivity contribution in [3.05, 3.63) is 11.7 Å². The first kappa shape index (κ1) is 10.6. The minimum Gasteiger partial charge on any atom is -0.374 e. The van der Waals surface area contributed by atoms with Gasteiger partial charge in [-0.15, -0.1) is 0 Å². The predicted octanol–water partition coefficient (Wildman–Crippen LogP) is 0.929. The molecule has 1 atom stereocenters. The molecule has 84 valence electrons. The maximum absolute atomic E-state index is 5.22. The molecule has 0 saturated carbocycles. The molecule has 0 bridgehead atoms. The van der Waals surface area contributed by atoms with Gasteiger partial charge in [0.05, 0.1) is 0 Å². The molecule has 1 aliphatic heterocycles. The second kappa shape index (κ2) is 4.72. The van der Waals surface area contributed by atoms with Gasteiger partial charge in [-0.05, 0) is 25.9 Å². The minimum absolute atomic E-state index is 0.342. The molecule has 0 radical (unpaired) electrons. The van der Waals surface area contributed by atoms with E-state index in [-0.39, 0.29) is 0 Å². The Kier molecular flexibility index (Phi) is 3.33. The fourth-order valence-electron chi connectivity index (χ4n) is 1.57. The van der Waals surface area contributed by atoms with E-state index >= 15 is 0 Å². The SMILES string of the molecule is CCOCc1noc(C(C)C2CNC2)n1. The van der Waals surface area contributed by atoms with Crippen LogP contribution >= 0.6 is 0 Å². The van der Waals surface area contributed by atoms with Gasteiger partial charge in [0.2, 0.25) is 5.89 Å². The normalized spacial score (nSPS) is 18.8. The zero-order chi connectivity index (χ0) is 10.7. The van der Waals surface area contributed by atoms with Crippen LogP contribution in [0.4, 0.5) is 0 Å². The Bertz CT molecular complexity index is 309. The summed E-state index contributed by atoms with van der Waals surface area (Å²) in [7, 11) is 0. The highest BCUT2D eigenvalue weighted by molar-refractivity contribution is 4.98. The first-order valence-corrected chi connectivity index (χ1v) is 5.42. The van der Waals surface area contributed by atoms with E-state index in [4.69, 9.17) is 9.26 Å². The lowest BCUT2D eigenvalue weighted by atomic mass is 9.89. The van der Waals surface area contributed by atoms with Gasteiger partial charge in [-0.25, -0.2) is 0 Å². The van der Waals surface area contributed by atoms with E-state index in [1.165, 1.54) is 0 Å². The molecule has 1 N–H and O–H groups in total. The zero-order valence-corrected chi connectivity index (χ0v) is 9.19. The van der Waals surface area contributed by atoms with Crippen LogP contribution in [0.1, 0.15) is 31.5 Å². The number of hydrogen-bond donors (Lipinski definition) is 1. The maximum atomic E-state index is 5.22. The third kappa shape index (κ3) is 2.35. The molecule has 1 aromatic heterocycles. The van der Waals surface area contributed by atoms with E-state index < -0.39 is 0 Å². The van der Waals surface area contributed by atoms with Crippen LogP contribution < -0.4 is 5.32 Å². The Morgan fingerprint density at radius 2 is 2.40 bits per heavy atom. The van der Waals surface area contributed by atoms with Crippen molar-refractivity contribution in [1.29, 1.82) is 0 Å². The predicted molar refractivity (Wildman–Crippen MR) is 54.4 cm³/mol. The van der Waals surface area contributed by atoms with E-state index in [1.807, 2.05) is 6.92 Å². The number of ether oxygens (including phenoxy) is 1. The van der Waals surface area contributed by atoms with Crippen LogP contribution in [0.2, 0.25) is 0 Å². The summed E-state index contributed by atoms with van der Waals surface area (Å²) < 4.78 is 10.4. The van der Waals surface area contributed by atoms with Crippen molar-refractivity contribution in [1.82, 2.24) is 15.5 Å². The molecule has 1 aromatic rings. The highest BCUT2D eigenvalue weighted by atomic mass is 16.5. The van der Waals surface area contributed by atoms with E-state index in [2.05, 4.69) is 22.4 Å². The van der Waals surface area contributed by atoms with Crippen LogP contribution in [0.5, 0.6) is 0 Å². The monoisotopic (exact) mass is 211 g/mol. The number of aromatic nitrogens is 2. The summed E-state index contributed by atoms with van der Waals surface area (Å²) in [4.78, 5) is 4.32. The van der Waals surface area contributed by atoms with Gasteiger partial charge in [-0.1, -0.05) is 12.1 Å². The van der Waals surface area contributed by atoms with Crippen LogP contribution in [0, 0.1) is 5.92 Å². The third-order valence-electron chi connectivity index (χ3n) is 2.83. The van der Waals surface area contributed by atoms with E-state index in [0.717, 1.165) is 19.0 Å². The van der Waals surface area contributed by atoms with Crippen molar-refractivity contribution >= 4 is 0 Å². The summed E-state index contributed by atoms with van der Waals surface area (Å²) in [6, 6.07) is 0.